The van der Waals surface area contributed by atoms with Gasteiger partial charge in [-0.05, 0) is 19.4 Å². The van der Waals surface area contributed by atoms with E-state index in [0.717, 1.165) is 10.9 Å². The highest BCUT2D eigenvalue weighted by atomic mass is 35.5. The third kappa shape index (κ3) is 3.11. The molecule has 1 atom stereocenters. The lowest BCUT2D eigenvalue weighted by atomic mass is 9.99. The van der Waals surface area contributed by atoms with Crippen molar-refractivity contribution in [3.05, 3.63) is 35.0 Å². The minimum atomic E-state index is -0.652. The molecule has 0 fully saturated rings. The highest BCUT2D eigenvalue weighted by molar-refractivity contribution is 6.38. The summed E-state index contributed by atoms with van der Waals surface area (Å²) in [6.07, 6.45) is 0.397. The standard InChI is InChI=1S/C16H21ClN2O3/c1-16(8-9-20,10-22-3)18-15(21)14-13(17)11-6-4-5-7-12(11)19(14)2/h4-7,20H,8-10H2,1-3H3,(H,18,21). The fourth-order valence-electron chi connectivity index (χ4n) is 2.67. The first-order valence-corrected chi connectivity index (χ1v) is 7.46. The molecule has 0 spiro atoms. The van der Waals surface area contributed by atoms with Gasteiger partial charge in [-0.3, -0.25) is 4.79 Å². The molecule has 1 heterocycles. The Hall–Kier alpha value is -1.56. The second kappa shape index (κ2) is 6.69. The predicted molar refractivity (Wildman–Crippen MR) is 87.4 cm³/mol. The molecule has 1 unspecified atom stereocenters. The van der Waals surface area contributed by atoms with Crippen LogP contribution in [-0.2, 0) is 11.8 Å². The van der Waals surface area contributed by atoms with Crippen LogP contribution in [-0.4, -0.2) is 41.4 Å². The molecular formula is C16H21ClN2O3. The van der Waals surface area contributed by atoms with Crippen LogP contribution in [0.5, 0.6) is 0 Å². The number of nitrogens with one attached hydrogen (secondary N) is 1. The number of amides is 1. The number of carbonyl (C=O) groups is 1. The average molecular weight is 325 g/mol. The monoisotopic (exact) mass is 324 g/mol. The summed E-state index contributed by atoms with van der Waals surface area (Å²) in [5.41, 5.74) is 0.650. The maximum absolute atomic E-state index is 12.7. The van der Waals surface area contributed by atoms with E-state index in [1.54, 1.807) is 11.7 Å². The highest BCUT2D eigenvalue weighted by Crippen LogP contribution is 2.30. The lowest BCUT2D eigenvalue weighted by Crippen LogP contribution is -2.50. The summed E-state index contributed by atoms with van der Waals surface area (Å²) in [4.78, 5) is 12.7. The van der Waals surface area contributed by atoms with Gasteiger partial charge in [0.15, 0.2) is 0 Å². The number of aliphatic hydroxyl groups excluding tert-OH is 1. The van der Waals surface area contributed by atoms with Crippen molar-refractivity contribution < 1.29 is 14.6 Å². The summed E-state index contributed by atoms with van der Waals surface area (Å²) < 4.78 is 6.93. The molecule has 0 aliphatic rings. The molecule has 2 aromatic rings. The number of hydrogen-bond acceptors (Lipinski definition) is 3. The molecule has 2 N–H and O–H groups in total. The second-order valence-corrected chi connectivity index (χ2v) is 6.04. The number of halogens is 1. The molecular weight excluding hydrogens is 304 g/mol. The van der Waals surface area contributed by atoms with E-state index in [1.807, 2.05) is 38.2 Å². The number of methoxy groups -OCH3 is 1. The van der Waals surface area contributed by atoms with Gasteiger partial charge in [0.2, 0.25) is 0 Å². The summed E-state index contributed by atoms with van der Waals surface area (Å²) in [7, 11) is 3.37. The quantitative estimate of drug-likeness (QED) is 0.857. The number of fused-ring (bicyclic) bond motifs is 1. The third-order valence-electron chi connectivity index (χ3n) is 3.80. The highest BCUT2D eigenvalue weighted by Gasteiger charge is 2.29. The molecule has 22 heavy (non-hydrogen) atoms. The zero-order valence-corrected chi connectivity index (χ0v) is 13.8. The number of nitrogens with zero attached hydrogens (tertiary/aromatic N) is 1. The van der Waals surface area contributed by atoms with Crippen LogP contribution in [0.1, 0.15) is 23.8 Å². The smallest absolute Gasteiger partial charge is 0.269 e. The Kier molecular flexibility index (Phi) is 5.11. The fraction of sp³-hybridized carbons (Fsp3) is 0.438. The van der Waals surface area contributed by atoms with Crippen molar-refractivity contribution in [1.29, 1.82) is 0 Å². The average Bonchev–Trinajstić information content (AvgIpc) is 2.71. The molecule has 1 aromatic carbocycles. The molecule has 0 bridgehead atoms. The number of para-hydroxylation sites is 1. The minimum Gasteiger partial charge on any atom is -0.396 e. The van der Waals surface area contributed by atoms with Gasteiger partial charge in [0, 0.05) is 31.7 Å². The Morgan fingerprint density at radius 2 is 2.14 bits per heavy atom. The van der Waals surface area contributed by atoms with Gasteiger partial charge in [0.05, 0.1) is 17.2 Å². The topological polar surface area (TPSA) is 63.5 Å². The lowest BCUT2D eigenvalue weighted by molar-refractivity contribution is 0.0719. The van der Waals surface area contributed by atoms with E-state index in [4.69, 9.17) is 16.3 Å². The van der Waals surface area contributed by atoms with E-state index in [2.05, 4.69) is 5.32 Å². The summed E-state index contributed by atoms with van der Waals surface area (Å²) in [5.74, 6) is -0.281. The molecule has 1 amide bonds. The number of benzene rings is 1. The molecule has 5 nitrogen and oxygen atoms in total. The molecule has 120 valence electrons. The Morgan fingerprint density at radius 3 is 2.73 bits per heavy atom. The number of carbonyl (C=O) groups excluding carboxylic acids is 1. The second-order valence-electron chi connectivity index (χ2n) is 5.66. The molecule has 0 saturated carbocycles. The van der Waals surface area contributed by atoms with Crippen LogP contribution in [0, 0.1) is 0 Å². The van der Waals surface area contributed by atoms with Gasteiger partial charge in [-0.15, -0.1) is 0 Å². The molecule has 2 rings (SSSR count). The van der Waals surface area contributed by atoms with Crippen molar-refractivity contribution in [3.63, 3.8) is 0 Å². The first kappa shape index (κ1) is 16.8. The first-order valence-electron chi connectivity index (χ1n) is 7.09. The predicted octanol–water partition coefficient (Wildman–Crippen LogP) is 2.35. The number of aliphatic hydroxyl groups is 1. The number of aromatic nitrogens is 1. The van der Waals surface area contributed by atoms with E-state index < -0.39 is 5.54 Å². The van der Waals surface area contributed by atoms with Crippen LogP contribution in [0.3, 0.4) is 0 Å². The van der Waals surface area contributed by atoms with Gasteiger partial charge in [-0.1, -0.05) is 29.8 Å². The molecule has 0 saturated heterocycles. The minimum absolute atomic E-state index is 0.0387. The Morgan fingerprint density at radius 1 is 1.45 bits per heavy atom. The largest absolute Gasteiger partial charge is 0.396 e. The maximum atomic E-state index is 12.7. The van der Waals surface area contributed by atoms with Gasteiger partial charge in [-0.25, -0.2) is 0 Å². The summed E-state index contributed by atoms with van der Waals surface area (Å²) in [5, 5.41) is 13.4. The molecule has 0 aliphatic carbocycles. The summed E-state index contributed by atoms with van der Waals surface area (Å²) in [6.45, 7) is 2.10. The molecule has 0 aliphatic heterocycles. The lowest BCUT2D eigenvalue weighted by Gasteiger charge is -2.29. The van der Waals surface area contributed by atoms with Crippen LogP contribution < -0.4 is 5.32 Å². The number of rotatable bonds is 6. The fourth-order valence-corrected chi connectivity index (χ4v) is 3.04. The van der Waals surface area contributed by atoms with E-state index in [1.165, 1.54) is 0 Å². The van der Waals surface area contributed by atoms with Crippen LogP contribution in [0.25, 0.3) is 10.9 Å². The summed E-state index contributed by atoms with van der Waals surface area (Å²) >= 11 is 6.38. The number of ether oxygens (including phenoxy) is 1. The van der Waals surface area contributed by atoms with Gasteiger partial charge in [0.25, 0.3) is 5.91 Å². The van der Waals surface area contributed by atoms with Crippen molar-refractivity contribution in [3.8, 4) is 0 Å². The van der Waals surface area contributed by atoms with Crippen molar-refractivity contribution in [2.45, 2.75) is 18.9 Å². The van der Waals surface area contributed by atoms with Crippen molar-refractivity contribution >= 4 is 28.4 Å². The Bertz CT molecular complexity index is 636. The van der Waals surface area contributed by atoms with Crippen molar-refractivity contribution in [1.82, 2.24) is 9.88 Å². The van der Waals surface area contributed by atoms with Gasteiger partial charge >= 0.3 is 0 Å². The van der Waals surface area contributed by atoms with E-state index in [9.17, 15) is 9.90 Å². The summed E-state index contributed by atoms with van der Waals surface area (Å²) in [6, 6.07) is 7.59. The number of hydrogen-bond donors (Lipinski definition) is 2. The van der Waals surface area contributed by atoms with E-state index in [0.29, 0.717) is 23.7 Å². The van der Waals surface area contributed by atoms with Gasteiger partial charge in [-0.2, -0.15) is 0 Å². The van der Waals surface area contributed by atoms with E-state index >= 15 is 0 Å². The molecule has 6 heteroatoms. The van der Waals surface area contributed by atoms with Crippen LogP contribution in [0.4, 0.5) is 0 Å². The van der Waals surface area contributed by atoms with E-state index in [-0.39, 0.29) is 12.5 Å². The van der Waals surface area contributed by atoms with Crippen LogP contribution in [0.15, 0.2) is 24.3 Å². The first-order chi connectivity index (χ1) is 10.4. The van der Waals surface area contributed by atoms with Crippen molar-refractivity contribution in [2.24, 2.45) is 7.05 Å². The van der Waals surface area contributed by atoms with Gasteiger partial charge in [0.1, 0.15) is 5.69 Å². The normalized spacial score (nSPS) is 14.0. The third-order valence-corrected chi connectivity index (χ3v) is 4.18. The van der Waals surface area contributed by atoms with Gasteiger partial charge < -0.3 is 19.7 Å². The maximum Gasteiger partial charge on any atom is 0.269 e. The number of aryl methyl sites for hydroxylation is 1. The van der Waals surface area contributed by atoms with Crippen LogP contribution in [0.2, 0.25) is 5.02 Å². The zero-order chi connectivity index (χ0) is 16.3. The van der Waals surface area contributed by atoms with Crippen LogP contribution >= 0.6 is 11.6 Å². The Balaban J connectivity index is 2.37. The SMILES string of the molecule is COCC(C)(CCO)NC(=O)c1c(Cl)c2ccccc2n1C. The zero-order valence-electron chi connectivity index (χ0n) is 13.0. The van der Waals surface area contributed by atoms with Crippen molar-refractivity contribution in [2.75, 3.05) is 20.3 Å². The molecule has 0 radical (unpaired) electrons. The Labute approximate surface area is 134 Å². The molecule has 1 aromatic heterocycles.